The van der Waals surface area contributed by atoms with E-state index in [4.69, 9.17) is 4.98 Å². The molecule has 4 aromatic rings. The molecule has 1 fully saturated rings. The number of fused-ring (bicyclic) bond motifs is 1. The van der Waals surface area contributed by atoms with Crippen molar-refractivity contribution in [1.82, 2.24) is 25.1 Å². The standard InChI is InChI=1S/C21H20N6O/c28-19-17-15(9-6-10-22-17)21(27-11-4-5-12-27)24-18(19)20-23-16(25-26-20)13-14-7-2-1-3-8-14/h1-3,6-10,28H,4-5,11-13H2,(H,23,25,26). The Bertz CT molecular complexity index is 1120. The molecule has 4 heterocycles. The van der Waals surface area contributed by atoms with Crippen LogP contribution < -0.4 is 4.90 Å². The average Bonchev–Trinajstić information content (AvgIpc) is 3.42. The second-order valence-electron chi connectivity index (χ2n) is 6.99. The van der Waals surface area contributed by atoms with Gasteiger partial charge in [-0.1, -0.05) is 30.3 Å². The van der Waals surface area contributed by atoms with Crippen molar-refractivity contribution < 1.29 is 5.11 Å². The number of anilines is 1. The van der Waals surface area contributed by atoms with Crippen molar-refractivity contribution >= 4 is 16.7 Å². The van der Waals surface area contributed by atoms with Gasteiger partial charge >= 0.3 is 0 Å². The van der Waals surface area contributed by atoms with E-state index in [-0.39, 0.29) is 5.75 Å². The predicted octanol–water partition coefficient (Wildman–Crippen LogP) is 3.31. The van der Waals surface area contributed by atoms with E-state index >= 15 is 0 Å². The van der Waals surface area contributed by atoms with E-state index in [0.29, 0.717) is 23.5 Å². The Hall–Kier alpha value is -3.48. The summed E-state index contributed by atoms with van der Waals surface area (Å²) in [7, 11) is 0. The van der Waals surface area contributed by atoms with Gasteiger partial charge in [-0.3, -0.25) is 10.1 Å². The summed E-state index contributed by atoms with van der Waals surface area (Å²) in [6.07, 6.45) is 4.60. The number of H-pyrrole nitrogens is 1. The lowest BCUT2D eigenvalue weighted by molar-refractivity contribution is 0.479. The Morgan fingerprint density at radius 3 is 2.64 bits per heavy atom. The van der Waals surface area contributed by atoms with Crippen LogP contribution in [0.3, 0.4) is 0 Å². The first-order chi connectivity index (χ1) is 13.8. The quantitative estimate of drug-likeness (QED) is 0.571. The molecule has 0 atom stereocenters. The minimum absolute atomic E-state index is 0.0174. The fourth-order valence-electron chi connectivity index (χ4n) is 3.70. The smallest absolute Gasteiger partial charge is 0.203 e. The molecule has 0 unspecified atom stereocenters. The van der Waals surface area contributed by atoms with E-state index in [1.807, 2.05) is 42.5 Å². The van der Waals surface area contributed by atoms with Crippen LogP contribution in [0.25, 0.3) is 22.4 Å². The zero-order chi connectivity index (χ0) is 18.9. The third kappa shape index (κ3) is 2.94. The minimum Gasteiger partial charge on any atom is -0.504 e. The summed E-state index contributed by atoms with van der Waals surface area (Å²) in [5.74, 6) is 1.97. The molecule has 3 aromatic heterocycles. The molecular weight excluding hydrogens is 352 g/mol. The number of rotatable bonds is 4. The summed E-state index contributed by atoms with van der Waals surface area (Å²) < 4.78 is 0. The monoisotopic (exact) mass is 372 g/mol. The van der Waals surface area contributed by atoms with E-state index in [9.17, 15) is 5.11 Å². The number of benzene rings is 1. The van der Waals surface area contributed by atoms with Gasteiger partial charge in [-0.2, -0.15) is 5.10 Å². The Labute approximate surface area is 162 Å². The molecule has 0 radical (unpaired) electrons. The van der Waals surface area contributed by atoms with Crippen molar-refractivity contribution in [3.8, 4) is 17.3 Å². The maximum Gasteiger partial charge on any atom is 0.203 e. The van der Waals surface area contributed by atoms with E-state index in [0.717, 1.165) is 48.5 Å². The predicted molar refractivity (Wildman–Crippen MR) is 107 cm³/mol. The first kappa shape index (κ1) is 16.7. The molecule has 5 rings (SSSR count). The molecule has 1 aliphatic heterocycles. The van der Waals surface area contributed by atoms with Crippen LogP contribution in [0.5, 0.6) is 5.75 Å². The molecule has 0 spiro atoms. The summed E-state index contributed by atoms with van der Waals surface area (Å²) in [5.41, 5.74) is 2.03. The summed E-state index contributed by atoms with van der Waals surface area (Å²) in [6, 6.07) is 13.9. The van der Waals surface area contributed by atoms with Crippen molar-refractivity contribution in [2.75, 3.05) is 18.0 Å². The van der Waals surface area contributed by atoms with Crippen LogP contribution in [0.4, 0.5) is 5.82 Å². The molecule has 0 bridgehead atoms. The molecule has 0 amide bonds. The largest absolute Gasteiger partial charge is 0.504 e. The van der Waals surface area contributed by atoms with Gasteiger partial charge in [0, 0.05) is 31.1 Å². The normalized spacial score (nSPS) is 14.1. The van der Waals surface area contributed by atoms with Crippen LogP contribution in [0.1, 0.15) is 24.2 Å². The van der Waals surface area contributed by atoms with E-state index < -0.39 is 0 Å². The van der Waals surface area contributed by atoms with Gasteiger partial charge in [-0.05, 0) is 30.5 Å². The molecule has 0 saturated carbocycles. The Balaban J connectivity index is 1.58. The molecular formula is C21H20N6O. The van der Waals surface area contributed by atoms with Gasteiger partial charge in [0.2, 0.25) is 5.82 Å². The SMILES string of the molecule is Oc1c(-c2n[nH]c(Cc3ccccc3)n2)nc(N2CCCC2)c2cccnc12. The molecule has 7 heteroatoms. The lowest BCUT2D eigenvalue weighted by Gasteiger charge is -2.19. The molecule has 7 nitrogen and oxygen atoms in total. The zero-order valence-electron chi connectivity index (χ0n) is 15.3. The second kappa shape index (κ2) is 6.92. The van der Waals surface area contributed by atoms with E-state index in [1.165, 1.54) is 0 Å². The summed E-state index contributed by atoms with van der Waals surface area (Å²) in [5, 5.41) is 19.0. The van der Waals surface area contributed by atoms with Gasteiger partial charge in [-0.15, -0.1) is 0 Å². The van der Waals surface area contributed by atoms with Crippen LogP contribution >= 0.6 is 0 Å². The van der Waals surface area contributed by atoms with Gasteiger partial charge in [-0.25, -0.2) is 9.97 Å². The summed E-state index contributed by atoms with van der Waals surface area (Å²) in [4.78, 5) is 16.0. The van der Waals surface area contributed by atoms with Crippen LogP contribution in [-0.2, 0) is 6.42 Å². The van der Waals surface area contributed by atoms with Crippen molar-refractivity contribution in [3.63, 3.8) is 0 Å². The third-order valence-electron chi connectivity index (χ3n) is 5.08. The topological polar surface area (TPSA) is 90.8 Å². The molecule has 1 aromatic carbocycles. The van der Waals surface area contributed by atoms with Crippen molar-refractivity contribution in [1.29, 1.82) is 0 Å². The number of aromatic hydroxyl groups is 1. The summed E-state index contributed by atoms with van der Waals surface area (Å²) in [6.45, 7) is 1.91. The minimum atomic E-state index is 0.0174. The summed E-state index contributed by atoms with van der Waals surface area (Å²) >= 11 is 0. The van der Waals surface area contributed by atoms with Crippen LogP contribution in [0.2, 0.25) is 0 Å². The number of nitrogens with zero attached hydrogens (tertiary/aromatic N) is 5. The fourth-order valence-corrected chi connectivity index (χ4v) is 3.70. The second-order valence-corrected chi connectivity index (χ2v) is 6.99. The Kier molecular flexibility index (Phi) is 4.12. The van der Waals surface area contributed by atoms with Crippen LogP contribution in [-0.4, -0.2) is 43.3 Å². The van der Waals surface area contributed by atoms with Gasteiger partial charge in [0.25, 0.3) is 0 Å². The lowest BCUT2D eigenvalue weighted by atomic mass is 10.1. The highest BCUT2D eigenvalue weighted by molar-refractivity contribution is 5.97. The van der Waals surface area contributed by atoms with Crippen molar-refractivity contribution in [2.24, 2.45) is 0 Å². The number of aromatic nitrogens is 5. The van der Waals surface area contributed by atoms with Crippen LogP contribution in [0, 0.1) is 0 Å². The van der Waals surface area contributed by atoms with Crippen molar-refractivity contribution in [2.45, 2.75) is 19.3 Å². The highest BCUT2D eigenvalue weighted by atomic mass is 16.3. The third-order valence-corrected chi connectivity index (χ3v) is 5.08. The highest BCUT2D eigenvalue weighted by Crippen LogP contribution is 2.37. The zero-order valence-corrected chi connectivity index (χ0v) is 15.3. The maximum absolute atomic E-state index is 10.8. The number of nitrogens with one attached hydrogen (secondary N) is 1. The number of aromatic amines is 1. The Morgan fingerprint density at radius 1 is 1.00 bits per heavy atom. The van der Waals surface area contributed by atoms with Gasteiger partial charge < -0.3 is 10.0 Å². The lowest BCUT2D eigenvalue weighted by Crippen LogP contribution is -2.19. The van der Waals surface area contributed by atoms with Crippen LogP contribution in [0.15, 0.2) is 48.7 Å². The van der Waals surface area contributed by atoms with Gasteiger partial charge in [0.15, 0.2) is 11.4 Å². The van der Waals surface area contributed by atoms with Gasteiger partial charge in [0.05, 0.1) is 0 Å². The van der Waals surface area contributed by atoms with E-state index in [2.05, 4.69) is 25.1 Å². The number of hydrogen-bond donors (Lipinski definition) is 2. The molecule has 0 aliphatic carbocycles. The number of hydrogen-bond acceptors (Lipinski definition) is 6. The van der Waals surface area contributed by atoms with Crippen molar-refractivity contribution in [3.05, 3.63) is 60.0 Å². The molecule has 140 valence electrons. The molecule has 2 N–H and O–H groups in total. The molecule has 1 saturated heterocycles. The number of pyridine rings is 2. The molecule has 1 aliphatic rings. The highest BCUT2D eigenvalue weighted by Gasteiger charge is 2.23. The first-order valence-electron chi connectivity index (χ1n) is 9.48. The maximum atomic E-state index is 10.8. The average molecular weight is 372 g/mol. The Morgan fingerprint density at radius 2 is 1.82 bits per heavy atom. The molecule has 28 heavy (non-hydrogen) atoms. The first-order valence-corrected chi connectivity index (χ1v) is 9.48. The van der Waals surface area contributed by atoms with E-state index in [1.54, 1.807) is 6.20 Å². The van der Waals surface area contributed by atoms with Gasteiger partial charge in [0.1, 0.15) is 17.2 Å². The fraction of sp³-hybridized carbons (Fsp3) is 0.238.